The number of benzene rings is 1. The summed E-state index contributed by atoms with van der Waals surface area (Å²) >= 11 is 0. The van der Waals surface area contributed by atoms with Gasteiger partial charge in [0.05, 0.1) is 19.8 Å². The molecule has 65 heavy (non-hydrogen) atoms. The van der Waals surface area contributed by atoms with Gasteiger partial charge in [-0.15, -0.1) is 0 Å². The highest BCUT2D eigenvalue weighted by molar-refractivity contribution is 5.78. The first-order valence-corrected chi connectivity index (χ1v) is 29.8. The van der Waals surface area contributed by atoms with Crippen LogP contribution >= 0.6 is 0 Å². The summed E-state index contributed by atoms with van der Waals surface area (Å²) < 4.78 is 19.3. The third-order valence-corrected chi connectivity index (χ3v) is 13.9. The molecule has 0 amide bonds. The summed E-state index contributed by atoms with van der Waals surface area (Å²) in [6, 6.07) is 3.73. The molecule has 0 saturated carbocycles. The summed E-state index contributed by atoms with van der Waals surface area (Å²) in [5.74, 6) is 2.05. The molecular weight excluding hydrogens is 797 g/mol. The molecule has 1 aromatic carbocycles. The van der Waals surface area contributed by atoms with Crippen LogP contribution in [0.4, 0.5) is 0 Å². The van der Waals surface area contributed by atoms with Crippen LogP contribution in [0.3, 0.4) is 0 Å². The molecule has 1 aromatic rings. The van der Waals surface area contributed by atoms with Gasteiger partial charge in [0.25, 0.3) is 0 Å². The standard InChI is InChI=1S/C61H114O4/c1-4-7-10-13-16-19-22-25-28-31-34-37-40-43-46-49-52-63-59-55-58(57-62)56-60(64-53-50-47-44-41-38-35-32-29-26-23-20-17-14-11-8-5-2)61(59)65-54-51-48-45-42-39-36-33-30-27-24-21-18-15-12-9-6-3/h55-57H,4-54H2,1-3H3. The van der Waals surface area contributed by atoms with Gasteiger partial charge in [0, 0.05) is 5.56 Å². The maximum atomic E-state index is 12.1. The van der Waals surface area contributed by atoms with E-state index in [0.717, 1.165) is 25.5 Å². The molecule has 0 radical (unpaired) electrons. The quantitative estimate of drug-likeness (QED) is 0.0482. The van der Waals surface area contributed by atoms with E-state index in [1.54, 1.807) is 0 Å². The lowest BCUT2D eigenvalue weighted by Gasteiger charge is -2.18. The van der Waals surface area contributed by atoms with Gasteiger partial charge in [0.15, 0.2) is 11.5 Å². The van der Waals surface area contributed by atoms with Gasteiger partial charge in [-0.1, -0.05) is 310 Å². The van der Waals surface area contributed by atoms with Crippen LogP contribution in [-0.2, 0) is 0 Å². The third kappa shape index (κ3) is 42.2. The lowest BCUT2D eigenvalue weighted by molar-refractivity contribution is 0.112. The molecule has 0 bridgehead atoms. The van der Waals surface area contributed by atoms with Crippen LogP contribution < -0.4 is 14.2 Å². The van der Waals surface area contributed by atoms with E-state index < -0.39 is 0 Å². The summed E-state index contributed by atoms with van der Waals surface area (Å²) in [5.41, 5.74) is 0.601. The zero-order valence-electron chi connectivity index (χ0n) is 44.4. The van der Waals surface area contributed by atoms with Crippen LogP contribution in [0.5, 0.6) is 17.2 Å². The number of rotatable bonds is 55. The van der Waals surface area contributed by atoms with E-state index in [9.17, 15) is 4.79 Å². The molecule has 0 N–H and O–H groups in total. The van der Waals surface area contributed by atoms with E-state index in [1.165, 1.54) is 289 Å². The Kier molecular flexibility index (Phi) is 48.7. The molecule has 0 heterocycles. The van der Waals surface area contributed by atoms with Crippen molar-refractivity contribution >= 4 is 6.29 Å². The zero-order chi connectivity index (χ0) is 46.6. The first-order chi connectivity index (χ1) is 32.3. The van der Waals surface area contributed by atoms with Crippen molar-refractivity contribution in [3.05, 3.63) is 17.7 Å². The van der Waals surface area contributed by atoms with Crippen LogP contribution in [0.25, 0.3) is 0 Å². The number of unbranched alkanes of at least 4 members (excludes halogenated alkanes) is 45. The summed E-state index contributed by atoms with van der Waals surface area (Å²) in [5, 5.41) is 0. The SMILES string of the molecule is CCCCCCCCCCCCCCCCCCOc1cc(C=O)cc(OCCCCCCCCCCCCCCCCCC)c1OCCCCCCCCCCCCCCCCCC. The number of carbonyl (C=O) groups excluding carboxylic acids is 1. The third-order valence-electron chi connectivity index (χ3n) is 13.9. The fourth-order valence-corrected chi connectivity index (χ4v) is 9.51. The Balaban J connectivity index is 2.41. The predicted molar refractivity (Wildman–Crippen MR) is 287 cm³/mol. The van der Waals surface area contributed by atoms with Crippen molar-refractivity contribution in [2.24, 2.45) is 0 Å². The molecular formula is C61H114O4. The highest BCUT2D eigenvalue weighted by atomic mass is 16.5. The molecule has 0 spiro atoms. The van der Waals surface area contributed by atoms with E-state index in [0.29, 0.717) is 42.6 Å². The van der Waals surface area contributed by atoms with Crippen molar-refractivity contribution < 1.29 is 19.0 Å². The van der Waals surface area contributed by atoms with Gasteiger partial charge in [0.2, 0.25) is 5.75 Å². The van der Waals surface area contributed by atoms with Crippen molar-refractivity contribution in [2.45, 2.75) is 329 Å². The predicted octanol–water partition coefficient (Wildman–Crippen LogP) is 21.4. The van der Waals surface area contributed by atoms with Crippen molar-refractivity contribution in [3.8, 4) is 17.2 Å². The minimum atomic E-state index is 0.601. The molecule has 0 aliphatic carbocycles. The van der Waals surface area contributed by atoms with Gasteiger partial charge < -0.3 is 14.2 Å². The average molecular weight is 912 g/mol. The van der Waals surface area contributed by atoms with Gasteiger partial charge in [-0.3, -0.25) is 4.79 Å². The lowest BCUT2D eigenvalue weighted by Crippen LogP contribution is -2.07. The molecule has 0 atom stereocenters. The fraction of sp³-hybridized carbons (Fsp3) is 0.885. The average Bonchev–Trinajstić information content (AvgIpc) is 3.32. The van der Waals surface area contributed by atoms with Crippen molar-refractivity contribution in [3.63, 3.8) is 0 Å². The van der Waals surface area contributed by atoms with E-state index in [2.05, 4.69) is 20.8 Å². The van der Waals surface area contributed by atoms with Crippen LogP contribution in [0.1, 0.15) is 339 Å². The molecule has 0 aliphatic heterocycles. The van der Waals surface area contributed by atoms with Crippen molar-refractivity contribution in [1.82, 2.24) is 0 Å². The number of aldehydes is 1. The van der Waals surface area contributed by atoms with Gasteiger partial charge in [-0.25, -0.2) is 0 Å². The topological polar surface area (TPSA) is 44.8 Å². The zero-order valence-corrected chi connectivity index (χ0v) is 44.4. The normalized spacial score (nSPS) is 11.4. The minimum absolute atomic E-state index is 0.601. The Morgan fingerprint density at radius 3 is 0.662 bits per heavy atom. The van der Waals surface area contributed by atoms with E-state index in [4.69, 9.17) is 14.2 Å². The molecule has 0 unspecified atom stereocenters. The van der Waals surface area contributed by atoms with Gasteiger partial charge in [-0.2, -0.15) is 0 Å². The number of hydrogen-bond donors (Lipinski definition) is 0. The summed E-state index contributed by atoms with van der Waals surface area (Å²) in [6.07, 6.45) is 66.1. The first-order valence-electron chi connectivity index (χ1n) is 29.8. The second-order valence-electron chi connectivity index (χ2n) is 20.4. The monoisotopic (exact) mass is 911 g/mol. The van der Waals surface area contributed by atoms with Crippen LogP contribution in [0.15, 0.2) is 12.1 Å². The fourth-order valence-electron chi connectivity index (χ4n) is 9.51. The molecule has 0 fully saturated rings. The van der Waals surface area contributed by atoms with E-state index in [1.807, 2.05) is 12.1 Å². The van der Waals surface area contributed by atoms with Crippen LogP contribution in [0, 0.1) is 0 Å². The molecule has 0 aromatic heterocycles. The van der Waals surface area contributed by atoms with E-state index >= 15 is 0 Å². The summed E-state index contributed by atoms with van der Waals surface area (Å²) in [7, 11) is 0. The highest BCUT2D eigenvalue weighted by Gasteiger charge is 2.16. The highest BCUT2D eigenvalue weighted by Crippen LogP contribution is 2.39. The Labute approximate surface area is 407 Å². The van der Waals surface area contributed by atoms with Gasteiger partial charge >= 0.3 is 0 Å². The van der Waals surface area contributed by atoms with Crippen molar-refractivity contribution in [1.29, 1.82) is 0 Å². The Hall–Kier alpha value is -1.71. The summed E-state index contributed by atoms with van der Waals surface area (Å²) in [4.78, 5) is 12.1. The molecule has 4 heteroatoms. The minimum Gasteiger partial charge on any atom is -0.490 e. The van der Waals surface area contributed by atoms with Gasteiger partial charge in [-0.05, 0) is 31.4 Å². The molecule has 4 nitrogen and oxygen atoms in total. The van der Waals surface area contributed by atoms with Gasteiger partial charge in [0.1, 0.15) is 6.29 Å². The number of carbonyl (C=O) groups is 1. The number of hydrogen-bond acceptors (Lipinski definition) is 4. The lowest BCUT2D eigenvalue weighted by atomic mass is 10.0. The maximum Gasteiger partial charge on any atom is 0.203 e. The first kappa shape index (κ1) is 61.3. The second kappa shape index (κ2) is 51.7. The molecule has 0 aliphatic rings. The number of ether oxygens (including phenoxy) is 3. The molecule has 1 rings (SSSR count). The Bertz CT molecular complexity index is 1030. The largest absolute Gasteiger partial charge is 0.490 e. The summed E-state index contributed by atoms with van der Waals surface area (Å²) in [6.45, 7) is 8.85. The van der Waals surface area contributed by atoms with Crippen LogP contribution in [-0.4, -0.2) is 26.1 Å². The maximum absolute atomic E-state index is 12.1. The van der Waals surface area contributed by atoms with E-state index in [-0.39, 0.29) is 0 Å². The Morgan fingerprint density at radius 2 is 0.462 bits per heavy atom. The van der Waals surface area contributed by atoms with Crippen LogP contribution in [0.2, 0.25) is 0 Å². The van der Waals surface area contributed by atoms with Crippen molar-refractivity contribution in [2.75, 3.05) is 19.8 Å². The smallest absolute Gasteiger partial charge is 0.203 e. The molecule has 0 saturated heterocycles. The second-order valence-corrected chi connectivity index (χ2v) is 20.4. The Morgan fingerprint density at radius 1 is 0.277 bits per heavy atom. The molecule has 382 valence electrons.